The molecule has 1 amide bonds. The number of carbonyl (C=O) groups is 1. The molecule has 0 N–H and O–H groups in total. The number of morpholine rings is 1. The van der Waals surface area contributed by atoms with Crippen molar-refractivity contribution in [1.82, 2.24) is 9.80 Å². The van der Waals surface area contributed by atoms with E-state index in [1.165, 1.54) is 11.1 Å². The average Bonchev–Trinajstić information content (AvgIpc) is 2.73. The fourth-order valence-electron chi connectivity index (χ4n) is 3.39. The van der Waals surface area contributed by atoms with Gasteiger partial charge in [-0.25, -0.2) is 0 Å². The van der Waals surface area contributed by atoms with Crippen LogP contribution < -0.4 is 0 Å². The summed E-state index contributed by atoms with van der Waals surface area (Å²) in [5.74, 6) is 0.652. The SMILES string of the molecule is Cc1ccc(SCC(=O)N(Cc2ccccc2)C(C)CN2CCOCC2)cc1. The van der Waals surface area contributed by atoms with Gasteiger partial charge < -0.3 is 9.64 Å². The Bertz CT molecular complexity index is 730. The molecule has 3 rings (SSSR count). The number of hydrogen-bond acceptors (Lipinski definition) is 4. The summed E-state index contributed by atoms with van der Waals surface area (Å²) in [5, 5.41) is 0. The number of ether oxygens (including phenoxy) is 1. The van der Waals surface area contributed by atoms with Gasteiger partial charge in [0, 0.05) is 37.1 Å². The Hall–Kier alpha value is -1.82. The highest BCUT2D eigenvalue weighted by Gasteiger charge is 2.23. The minimum atomic E-state index is 0.157. The van der Waals surface area contributed by atoms with Gasteiger partial charge in [0.2, 0.25) is 5.91 Å². The van der Waals surface area contributed by atoms with Gasteiger partial charge in [0.15, 0.2) is 0 Å². The van der Waals surface area contributed by atoms with Crippen LogP contribution in [0.25, 0.3) is 0 Å². The first kappa shape index (κ1) is 20.9. The molecule has 0 spiro atoms. The highest BCUT2D eigenvalue weighted by molar-refractivity contribution is 8.00. The quantitative estimate of drug-likeness (QED) is 0.633. The molecule has 1 heterocycles. The van der Waals surface area contributed by atoms with Crippen molar-refractivity contribution in [3.8, 4) is 0 Å². The van der Waals surface area contributed by atoms with Crippen molar-refractivity contribution in [3.63, 3.8) is 0 Å². The Morgan fingerprint density at radius 2 is 1.79 bits per heavy atom. The predicted octanol–water partition coefficient (Wildman–Crippen LogP) is 3.84. The number of hydrogen-bond donors (Lipinski definition) is 0. The number of thioether (sulfide) groups is 1. The molecule has 150 valence electrons. The van der Waals surface area contributed by atoms with Crippen LogP contribution in [-0.4, -0.2) is 60.3 Å². The van der Waals surface area contributed by atoms with Gasteiger partial charge in [0.25, 0.3) is 0 Å². The minimum absolute atomic E-state index is 0.157. The van der Waals surface area contributed by atoms with E-state index in [9.17, 15) is 4.79 Å². The molecule has 1 unspecified atom stereocenters. The Morgan fingerprint density at radius 1 is 1.11 bits per heavy atom. The minimum Gasteiger partial charge on any atom is -0.379 e. The van der Waals surface area contributed by atoms with Crippen molar-refractivity contribution >= 4 is 17.7 Å². The largest absolute Gasteiger partial charge is 0.379 e. The van der Waals surface area contributed by atoms with Crippen molar-refractivity contribution in [3.05, 3.63) is 65.7 Å². The summed E-state index contributed by atoms with van der Waals surface area (Å²) in [6.07, 6.45) is 0. The lowest BCUT2D eigenvalue weighted by Crippen LogP contribution is -2.48. The molecule has 1 atom stereocenters. The van der Waals surface area contributed by atoms with E-state index in [2.05, 4.69) is 55.1 Å². The zero-order chi connectivity index (χ0) is 19.8. The van der Waals surface area contributed by atoms with E-state index < -0.39 is 0 Å². The Kier molecular flexibility index (Phi) is 7.95. The van der Waals surface area contributed by atoms with Crippen LogP contribution in [-0.2, 0) is 16.1 Å². The van der Waals surface area contributed by atoms with E-state index in [4.69, 9.17) is 4.74 Å². The van der Waals surface area contributed by atoms with E-state index in [0.29, 0.717) is 12.3 Å². The van der Waals surface area contributed by atoms with E-state index in [1.807, 2.05) is 23.1 Å². The van der Waals surface area contributed by atoms with Gasteiger partial charge in [-0.2, -0.15) is 0 Å². The summed E-state index contributed by atoms with van der Waals surface area (Å²) in [4.78, 5) is 18.7. The van der Waals surface area contributed by atoms with Gasteiger partial charge in [-0.15, -0.1) is 11.8 Å². The zero-order valence-electron chi connectivity index (χ0n) is 16.8. The van der Waals surface area contributed by atoms with E-state index in [1.54, 1.807) is 11.8 Å². The van der Waals surface area contributed by atoms with Crippen molar-refractivity contribution in [2.45, 2.75) is 31.3 Å². The third kappa shape index (κ3) is 6.36. The second kappa shape index (κ2) is 10.6. The molecule has 4 nitrogen and oxygen atoms in total. The van der Waals surface area contributed by atoms with Gasteiger partial charge in [0.05, 0.1) is 19.0 Å². The molecule has 28 heavy (non-hydrogen) atoms. The first-order valence-corrected chi connectivity index (χ1v) is 10.9. The lowest BCUT2D eigenvalue weighted by Gasteiger charge is -2.35. The molecule has 1 saturated heterocycles. The maximum Gasteiger partial charge on any atom is 0.233 e. The molecular formula is C23H30N2O2S. The monoisotopic (exact) mass is 398 g/mol. The fourth-order valence-corrected chi connectivity index (χ4v) is 4.17. The van der Waals surface area contributed by atoms with Crippen LogP contribution in [0.5, 0.6) is 0 Å². The summed E-state index contributed by atoms with van der Waals surface area (Å²) in [5.41, 5.74) is 2.41. The molecule has 2 aromatic carbocycles. The van der Waals surface area contributed by atoms with Crippen LogP contribution in [0, 0.1) is 6.92 Å². The molecule has 0 aromatic heterocycles. The van der Waals surface area contributed by atoms with E-state index in [-0.39, 0.29) is 11.9 Å². The number of benzene rings is 2. The van der Waals surface area contributed by atoms with Crippen LogP contribution in [0.3, 0.4) is 0 Å². The number of carbonyl (C=O) groups excluding carboxylic acids is 1. The summed E-state index contributed by atoms with van der Waals surface area (Å²) >= 11 is 1.61. The van der Waals surface area contributed by atoms with Crippen molar-refractivity contribution in [1.29, 1.82) is 0 Å². The maximum atomic E-state index is 13.1. The standard InChI is InChI=1S/C23H30N2O2S/c1-19-8-10-22(11-9-19)28-18-23(26)25(17-21-6-4-3-5-7-21)20(2)16-24-12-14-27-15-13-24/h3-11,20H,12-18H2,1-2H3. The van der Waals surface area contributed by atoms with Crippen LogP contribution in [0.15, 0.2) is 59.5 Å². The highest BCUT2D eigenvalue weighted by Crippen LogP contribution is 2.20. The number of amides is 1. The molecule has 0 bridgehead atoms. The average molecular weight is 399 g/mol. The van der Waals surface area contributed by atoms with Crippen LogP contribution in [0.4, 0.5) is 0 Å². The van der Waals surface area contributed by atoms with Gasteiger partial charge in [-0.05, 0) is 31.5 Å². The van der Waals surface area contributed by atoms with Crippen LogP contribution in [0.1, 0.15) is 18.1 Å². The second-order valence-corrected chi connectivity index (χ2v) is 8.42. The molecule has 0 aliphatic carbocycles. The lowest BCUT2D eigenvalue weighted by atomic mass is 10.1. The zero-order valence-corrected chi connectivity index (χ0v) is 17.7. The molecular weight excluding hydrogens is 368 g/mol. The molecule has 1 fully saturated rings. The summed E-state index contributed by atoms with van der Waals surface area (Å²) in [7, 11) is 0. The van der Waals surface area contributed by atoms with Crippen LogP contribution in [0.2, 0.25) is 0 Å². The maximum absolute atomic E-state index is 13.1. The first-order chi connectivity index (χ1) is 13.6. The summed E-state index contributed by atoms with van der Waals surface area (Å²) in [6.45, 7) is 9.22. The topological polar surface area (TPSA) is 32.8 Å². The lowest BCUT2D eigenvalue weighted by molar-refractivity contribution is -0.131. The number of aryl methyl sites for hydroxylation is 1. The van der Waals surface area contributed by atoms with E-state index in [0.717, 1.165) is 37.7 Å². The highest BCUT2D eigenvalue weighted by atomic mass is 32.2. The van der Waals surface area contributed by atoms with Crippen molar-refractivity contribution in [2.75, 3.05) is 38.6 Å². The molecule has 1 aliphatic heterocycles. The third-order valence-electron chi connectivity index (χ3n) is 5.06. The van der Waals surface area contributed by atoms with Crippen LogP contribution >= 0.6 is 11.8 Å². The molecule has 1 aliphatic rings. The molecule has 5 heteroatoms. The smallest absolute Gasteiger partial charge is 0.233 e. The first-order valence-electron chi connectivity index (χ1n) is 9.95. The fraction of sp³-hybridized carbons (Fsp3) is 0.435. The number of rotatable bonds is 8. The Morgan fingerprint density at radius 3 is 2.46 bits per heavy atom. The Labute approximate surface area is 172 Å². The van der Waals surface area contributed by atoms with E-state index >= 15 is 0 Å². The van der Waals surface area contributed by atoms with Gasteiger partial charge in [0.1, 0.15) is 0 Å². The van der Waals surface area contributed by atoms with Crippen molar-refractivity contribution in [2.24, 2.45) is 0 Å². The summed E-state index contributed by atoms with van der Waals surface area (Å²) in [6, 6.07) is 18.8. The predicted molar refractivity (Wildman–Crippen MR) is 116 cm³/mol. The third-order valence-corrected chi connectivity index (χ3v) is 6.05. The molecule has 0 radical (unpaired) electrons. The normalized spacial score (nSPS) is 15.9. The molecule has 0 saturated carbocycles. The Balaban J connectivity index is 1.64. The van der Waals surface area contributed by atoms with Crippen molar-refractivity contribution < 1.29 is 9.53 Å². The summed E-state index contributed by atoms with van der Waals surface area (Å²) < 4.78 is 5.46. The molecule has 2 aromatic rings. The van der Waals surface area contributed by atoms with Gasteiger partial charge in [-0.1, -0.05) is 48.0 Å². The number of nitrogens with zero attached hydrogens (tertiary/aromatic N) is 2. The van der Waals surface area contributed by atoms with Gasteiger partial charge >= 0.3 is 0 Å². The van der Waals surface area contributed by atoms with Gasteiger partial charge in [-0.3, -0.25) is 9.69 Å². The second-order valence-electron chi connectivity index (χ2n) is 7.37.